The SMILES string of the molecule is Cc1cccc(Br)c1-c1ccc(Cl)cc1. The lowest BCUT2D eigenvalue weighted by Crippen LogP contribution is -1.84. The van der Waals surface area contributed by atoms with Crippen molar-refractivity contribution in [3.63, 3.8) is 0 Å². The van der Waals surface area contributed by atoms with Gasteiger partial charge in [-0.15, -0.1) is 0 Å². The Morgan fingerprint density at radius 2 is 1.67 bits per heavy atom. The van der Waals surface area contributed by atoms with Crippen LogP contribution in [0.1, 0.15) is 5.56 Å². The van der Waals surface area contributed by atoms with Crippen molar-refractivity contribution in [3.8, 4) is 11.1 Å². The monoisotopic (exact) mass is 280 g/mol. The lowest BCUT2D eigenvalue weighted by atomic mass is 10.0. The van der Waals surface area contributed by atoms with E-state index in [1.165, 1.54) is 16.7 Å². The van der Waals surface area contributed by atoms with Crippen molar-refractivity contribution >= 4 is 27.5 Å². The van der Waals surface area contributed by atoms with Crippen LogP contribution >= 0.6 is 27.5 Å². The highest BCUT2D eigenvalue weighted by Crippen LogP contribution is 2.31. The maximum absolute atomic E-state index is 5.87. The molecule has 0 fully saturated rings. The third kappa shape index (κ3) is 2.24. The maximum atomic E-state index is 5.87. The Labute approximate surface area is 103 Å². The summed E-state index contributed by atoms with van der Waals surface area (Å²) in [5.74, 6) is 0. The molecule has 0 aliphatic rings. The topological polar surface area (TPSA) is 0 Å². The smallest absolute Gasteiger partial charge is 0.0406 e. The van der Waals surface area contributed by atoms with E-state index in [4.69, 9.17) is 11.6 Å². The van der Waals surface area contributed by atoms with Gasteiger partial charge in [0.1, 0.15) is 0 Å². The molecule has 15 heavy (non-hydrogen) atoms. The van der Waals surface area contributed by atoms with Gasteiger partial charge in [0.2, 0.25) is 0 Å². The lowest BCUT2D eigenvalue weighted by Gasteiger charge is -2.08. The minimum absolute atomic E-state index is 0.767. The fraction of sp³-hybridized carbons (Fsp3) is 0.0769. The van der Waals surface area contributed by atoms with Crippen LogP contribution in [0.4, 0.5) is 0 Å². The average molecular weight is 282 g/mol. The summed E-state index contributed by atoms with van der Waals surface area (Å²) >= 11 is 9.44. The first-order chi connectivity index (χ1) is 7.18. The predicted molar refractivity (Wildman–Crippen MR) is 69.3 cm³/mol. The van der Waals surface area contributed by atoms with Crippen molar-refractivity contribution in [1.82, 2.24) is 0 Å². The Balaban J connectivity index is 2.58. The molecule has 0 amide bonds. The minimum atomic E-state index is 0.767. The van der Waals surface area contributed by atoms with Gasteiger partial charge in [-0.25, -0.2) is 0 Å². The Bertz CT molecular complexity index is 454. The summed E-state index contributed by atoms with van der Waals surface area (Å²) in [5.41, 5.74) is 3.67. The van der Waals surface area contributed by atoms with Crippen LogP contribution in [0.5, 0.6) is 0 Å². The highest BCUT2D eigenvalue weighted by atomic mass is 79.9. The van der Waals surface area contributed by atoms with Crippen LogP contribution < -0.4 is 0 Å². The van der Waals surface area contributed by atoms with Crippen LogP contribution in [-0.2, 0) is 0 Å². The molecule has 0 saturated heterocycles. The molecule has 0 saturated carbocycles. The van der Waals surface area contributed by atoms with E-state index >= 15 is 0 Å². The fourth-order valence-electron chi connectivity index (χ4n) is 1.61. The van der Waals surface area contributed by atoms with Crippen LogP contribution in [0.2, 0.25) is 5.02 Å². The van der Waals surface area contributed by atoms with Gasteiger partial charge in [0.25, 0.3) is 0 Å². The van der Waals surface area contributed by atoms with E-state index in [9.17, 15) is 0 Å². The summed E-state index contributed by atoms with van der Waals surface area (Å²) in [6.07, 6.45) is 0. The summed E-state index contributed by atoms with van der Waals surface area (Å²) in [4.78, 5) is 0. The molecule has 0 N–H and O–H groups in total. The molecule has 0 aliphatic carbocycles. The molecule has 76 valence electrons. The first kappa shape index (κ1) is 10.7. The summed E-state index contributed by atoms with van der Waals surface area (Å²) in [5, 5.41) is 0.767. The second-order valence-corrected chi connectivity index (χ2v) is 4.73. The van der Waals surface area contributed by atoms with E-state index < -0.39 is 0 Å². The van der Waals surface area contributed by atoms with Gasteiger partial charge in [-0.3, -0.25) is 0 Å². The zero-order valence-corrected chi connectivity index (χ0v) is 10.6. The molecule has 0 atom stereocenters. The summed E-state index contributed by atoms with van der Waals surface area (Å²) in [6.45, 7) is 2.11. The van der Waals surface area contributed by atoms with Gasteiger partial charge < -0.3 is 0 Å². The van der Waals surface area contributed by atoms with Crippen LogP contribution in [0.15, 0.2) is 46.9 Å². The molecule has 0 bridgehead atoms. The van der Waals surface area contributed by atoms with E-state index in [1.807, 2.05) is 30.3 Å². The van der Waals surface area contributed by atoms with Crippen molar-refractivity contribution in [1.29, 1.82) is 0 Å². The van der Waals surface area contributed by atoms with Crippen molar-refractivity contribution in [2.24, 2.45) is 0 Å². The molecule has 2 aromatic carbocycles. The third-order valence-electron chi connectivity index (χ3n) is 2.35. The molecule has 0 aliphatic heterocycles. The highest BCUT2D eigenvalue weighted by Gasteiger charge is 2.05. The number of hydrogen-bond acceptors (Lipinski definition) is 0. The van der Waals surface area contributed by atoms with Gasteiger partial charge in [-0.05, 0) is 41.8 Å². The van der Waals surface area contributed by atoms with Crippen LogP contribution in [0.25, 0.3) is 11.1 Å². The van der Waals surface area contributed by atoms with E-state index in [1.54, 1.807) is 0 Å². The quantitative estimate of drug-likeness (QED) is 0.684. The number of rotatable bonds is 1. The van der Waals surface area contributed by atoms with E-state index in [0.29, 0.717) is 0 Å². The predicted octanol–water partition coefficient (Wildman–Crippen LogP) is 5.08. The number of hydrogen-bond donors (Lipinski definition) is 0. The zero-order valence-electron chi connectivity index (χ0n) is 8.30. The number of halogens is 2. The van der Waals surface area contributed by atoms with Crippen LogP contribution in [0, 0.1) is 6.92 Å². The summed E-state index contributed by atoms with van der Waals surface area (Å²) < 4.78 is 1.12. The van der Waals surface area contributed by atoms with E-state index in [2.05, 4.69) is 35.0 Å². The van der Waals surface area contributed by atoms with Gasteiger partial charge in [0.05, 0.1) is 0 Å². The van der Waals surface area contributed by atoms with Gasteiger partial charge in [-0.2, -0.15) is 0 Å². The van der Waals surface area contributed by atoms with Crippen molar-refractivity contribution < 1.29 is 0 Å². The number of benzene rings is 2. The van der Waals surface area contributed by atoms with E-state index in [0.717, 1.165) is 9.50 Å². The van der Waals surface area contributed by atoms with Crippen molar-refractivity contribution in [2.75, 3.05) is 0 Å². The van der Waals surface area contributed by atoms with Gasteiger partial charge in [-0.1, -0.05) is 51.8 Å². The van der Waals surface area contributed by atoms with E-state index in [-0.39, 0.29) is 0 Å². The van der Waals surface area contributed by atoms with Crippen molar-refractivity contribution in [2.45, 2.75) is 6.92 Å². The standard InChI is InChI=1S/C13H10BrCl/c1-9-3-2-4-12(14)13(9)10-5-7-11(15)8-6-10/h2-8H,1H3. The molecule has 0 heterocycles. The molecule has 0 radical (unpaired) electrons. The largest absolute Gasteiger partial charge is 0.0843 e. The first-order valence-corrected chi connectivity index (χ1v) is 5.86. The van der Waals surface area contributed by atoms with Crippen LogP contribution in [-0.4, -0.2) is 0 Å². The Morgan fingerprint density at radius 3 is 2.27 bits per heavy atom. The maximum Gasteiger partial charge on any atom is 0.0406 e. The Hall–Kier alpha value is -0.790. The molecule has 0 nitrogen and oxygen atoms in total. The Kier molecular flexibility index (Phi) is 3.13. The molecular formula is C13H10BrCl. The zero-order chi connectivity index (χ0) is 10.8. The average Bonchev–Trinajstić information content (AvgIpc) is 2.20. The fourth-order valence-corrected chi connectivity index (χ4v) is 2.43. The molecule has 2 rings (SSSR count). The second-order valence-electron chi connectivity index (χ2n) is 3.44. The molecular weight excluding hydrogens is 272 g/mol. The Morgan fingerprint density at radius 1 is 1.00 bits per heavy atom. The molecule has 0 spiro atoms. The van der Waals surface area contributed by atoms with Gasteiger partial charge >= 0.3 is 0 Å². The normalized spacial score (nSPS) is 10.3. The molecule has 0 aromatic heterocycles. The van der Waals surface area contributed by atoms with Gasteiger partial charge in [0.15, 0.2) is 0 Å². The molecule has 0 unspecified atom stereocenters. The minimum Gasteiger partial charge on any atom is -0.0843 e. The second kappa shape index (κ2) is 4.38. The number of aryl methyl sites for hydroxylation is 1. The summed E-state index contributed by atoms with van der Waals surface area (Å²) in [7, 11) is 0. The van der Waals surface area contributed by atoms with Crippen molar-refractivity contribution in [3.05, 3.63) is 57.5 Å². The van der Waals surface area contributed by atoms with Gasteiger partial charge in [0, 0.05) is 9.50 Å². The summed E-state index contributed by atoms with van der Waals surface area (Å²) in [6, 6.07) is 14.1. The molecule has 2 heteroatoms. The van der Waals surface area contributed by atoms with Crippen LogP contribution in [0.3, 0.4) is 0 Å². The highest BCUT2D eigenvalue weighted by molar-refractivity contribution is 9.10. The lowest BCUT2D eigenvalue weighted by molar-refractivity contribution is 1.44. The molecule has 2 aromatic rings. The first-order valence-electron chi connectivity index (χ1n) is 4.69. The third-order valence-corrected chi connectivity index (χ3v) is 3.27.